The number of carbonyl (C=O) groups is 1. The molecule has 1 aromatic rings. The van der Waals surface area contributed by atoms with Crippen molar-refractivity contribution in [3.8, 4) is 5.75 Å². The highest BCUT2D eigenvalue weighted by Gasteiger charge is 2.20. The van der Waals surface area contributed by atoms with Crippen molar-refractivity contribution in [2.24, 2.45) is 5.73 Å². The predicted octanol–water partition coefficient (Wildman–Crippen LogP) is 2.97. The number of likely N-dealkylation sites (N-methyl/N-ethyl adjacent to an activating group) is 1. The molecule has 118 valence electrons. The van der Waals surface area contributed by atoms with E-state index in [-0.39, 0.29) is 11.9 Å². The maximum atomic E-state index is 12.2. The molecule has 2 N–H and O–H groups in total. The molecule has 2 unspecified atom stereocenters. The minimum atomic E-state index is -0.500. The lowest BCUT2D eigenvalue weighted by atomic mass is 10.1. The summed E-state index contributed by atoms with van der Waals surface area (Å²) >= 11 is 3.50. The standard InChI is InChI=1S/C16H25BrN2O2/c1-5-19(6-2)16(20)12(4)21-15-8-7-13(9-11(3)18)10-14(15)17/h7-8,10-12H,5-6,9,18H2,1-4H3. The first-order valence-electron chi connectivity index (χ1n) is 7.38. The third-order valence-electron chi connectivity index (χ3n) is 3.28. The summed E-state index contributed by atoms with van der Waals surface area (Å²) < 4.78 is 6.63. The normalized spacial score (nSPS) is 13.6. The first-order chi connectivity index (χ1) is 9.88. The van der Waals surface area contributed by atoms with E-state index in [4.69, 9.17) is 10.5 Å². The molecule has 0 aliphatic heterocycles. The molecular weight excluding hydrogens is 332 g/mol. The zero-order chi connectivity index (χ0) is 16.0. The highest BCUT2D eigenvalue weighted by atomic mass is 79.9. The summed E-state index contributed by atoms with van der Waals surface area (Å²) in [6.45, 7) is 9.07. The van der Waals surface area contributed by atoms with Crippen molar-refractivity contribution in [2.45, 2.75) is 46.3 Å². The van der Waals surface area contributed by atoms with Crippen molar-refractivity contribution in [1.29, 1.82) is 0 Å². The maximum absolute atomic E-state index is 12.2. The van der Waals surface area contributed by atoms with Crippen LogP contribution in [-0.4, -0.2) is 36.0 Å². The predicted molar refractivity (Wildman–Crippen MR) is 89.5 cm³/mol. The molecule has 0 bridgehead atoms. The smallest absolute Gasteiger partial charge is 0.263 e. The summed E-state index contributed by atoms with van der Waals surface area (Å²) in [6.07, 6.45) is 0.313. The monoisotopic (exact) mass is 356 g/mol. The molecule has 0 aromatic heterocycles. The van der Waals surface area contributed by atoms with Crippen molar-refractivity contribution in [2.75, 3.05) is 13.1 Å². The third-order valence-corrected chi connectivity index (χ3v) is 3.90. The molecule has 0 radical (unpaired) electrons. The van der Waals surface area contributed by atoms with Gasteiger partial charge in [0.25, 0.3) is 5.91 Å². The Bertz CT molecular complexity index is 473. The van der Waals surface area contributed by atoms with E-state index < -0.39 is 6.10 Å². The van der Waals surface area contributed by atoms with E-state index >= 15 is 0 Å². The van der Waals surface area contributed by atoms with Crippen LogP contribution in [0.3, 0.4) is 0 Å². The van der Waals surface area contributed by atoms with E-state index in [0.717, 1.165) is 16.5 Å². The van der Waals surface area contributed by atoms with Crippen molar-refractivity contribution in [1.82, 2.24) is 4.90 Å². The van der Waals surface area contributed by atoms with Crippen molar-refractivity contribution >= 4 is 21.8 Å². The summed E-state index contributed by atoms with van der Waals surface area (Å²) in [5.41, 5.74) is 6.95. The quantitative estimate of drug-likeness (QED) is 0.816. The molecule has 0 saturated heterocycles. The van der Waals surface area contributed by atoms with Gasteiger partial charge in [0.1, 0.15) is 5.75 Å². The van der Waals surface area contributed by atoms with Crippen molar-refractivity contribution in [3.05, 3.63) is 28.2 Å². The number of ether oxygens (including phenoxy) is 1. The molecule has 1 amide bonds. The van der Waals surface area contributed by atoms with Gasteiger partial charge in [0.15, 0.2) is 6.10 Å². The second kappa shape index (κ2) is 8.39. The Balaban J connectivity index is 2.76. The van der Waals surface area contributed by atoms with Crippen LogP contribution in [0, 0.1) is 0 Å². The van der Waals surface area contributed by atoms with Gasteiger partial charge in [-0.2, -0.15) is 0 Å². The Morgan fingerprint density at radius 3 is 2.43 bits per heavy atom. The van der Waals surface area contributed by atoms with Crippen LogP contribution in [0.15, 0.2) is 22.7 Å². The largest absolute Gasteiger partial charge is 0.480 e. The molecule has 4 nitrogen and oxygen atoms in total. The van der Waals surface area contributed by atoms with Crippen LogP contribution in [0.2, 0.25) is 0 Å². The lowest BCUT2D eigenvalue weighted by molar-refractivity contribution is -0.137. The molecule has 0 aliphatic carbocycles. The number of amides is 1. The number of nitrogens with two attached hydrogens (primary N) is 1. The highest BCUT2D eigenvalue weighted by Crippen LogP contribution is 2.27. The summed E-state index contributed by atoms with van der Waals surface area (Å²) in [5.74, 6) is 0.683. The van der Waals surface area contributed by atoms with Gasteiger partial charge >= 0.3 is 0 Å². The molecule has 21 heavy (non-hydrogen) atoms. The van der Waals surface area contributed by atoms with Crippen LogP contribution in [-0.2, 0) is 11.2 Å². The molecule has 5 heteroatoms. The Hall–Kier alpha value is -1.07. The van der Waals surface area contributed by atoms with Crippen LogP contribution >= 0.6 is 15.9 Å². The van der Waals surface area contributed by atoms with E-state index in [1.807, 2.05) is 39.0 Å². The number of carbonyl (C=O) groups excluding carboxylic acids is 1. The molecule has 0 fully saturated rings. The molecular formula is C16H25BrN2O2. The Morgan fingerprint density at radius 2 is 1.95 bits per heavy atom. The Morgan fingerprint density at radius 1 is 1.33 bits per heavy atom. The first-order valence-corrected chi connectivity index (χ1v) is 8.17. The minimum absolute atomic E-state index is 0.00607. The number of hydrogen-bond acceptors (Lipinski definition) is 3. The number of halogens is 1. The van der Waals surface area contributed by atoms with Crippen LogP contribution in [0.5, 0.6) is 5.75 Å². The fourth-order valence-corrected chi connectivity index (χ4v) is 2.69. The van der Waals surface area contributed by atoms with Gasteiger partial charge in [0, 0.05) is 19.1 Å². The van der Waals surface area contributed by atoms with Gasteiger partial charge in [-0.15, -0.1) is 0 Å². The van der Waals surface area contributed by atoms with Gasteiger partial charge in [-0.05, 0) is 67.7 Å². The summed E-state index contributed by atoms with van der Waals surface area (Å²) in [7, 11) is 0. The number of hydrogen-bond donors (Lipinski definition) is 1. The molecule has 2 atom stereocenters. The second-order valence-electron chi connectivity index (χ2n) is 5.22. The SMILES string of the molecule is CCN(CC)C(=O)C(C)Oc1ccc(CC(C)N)cc1Br. The van der Waals surface area contributed by atoms with Crippen LogP contribution < -0.4 is 10.5 Å². The van der Waals surface area contributed by atoms with Gasteiger partial charge < -0.3 is 15.4 Å². The van der Waals surface area contributed by atoms with Crippen molar-refractivity contribution in [3.63, 3.8) is 0 Å². The van der Waals surface area contributed by atoms with E-state index in [0.29, 0.717) is 18.8 Å². The summed E-state index contributed by atoms with van der Waals surface area (Å²) in [6, 6.07) is 5.98. The minimum Gasteiger partial charge on any atom is -0.480 e. The molecule has 1 rings (SSSR count). The molecule has 0 saturated carbocycles. The van der Waals surface area contributed by atoms with Crippen LogP contribution in [0.25, 0.3) is 0 Å². The van der Waals surface area contributed by atoms with Crippen molar-refractivity contribution < 1.29 is 9.53 Å². The Kier molecular flexibility index (Phi) is 7.18. The van der Waals surface area contributed by atoms with Gasteiger partial charge in [0.05, 0.1) is 4.47 Å². The molecule has 0 heterocycles. The van der Waals surface area contributed by atoms with Crippen LogP contribution in [0.1, 0.15) is 33.3 Å². The van der Waals surface area contributed by atoms with Gasteiger partial charge in [-0.25, -0.2) is 0 Å². The van der Waals surface area contributed by atoms with E-state index in [1.54, 1.807) is 11.8 Å². The molecule has 1 aromatic carbocycles. The second-order valence-corrected chi connectivity index (χ2v) is 6.07. The van der Waals surface area contributed by atoms with Crippen LogP contribution in [0.4, 0.5) is 0 Å². The number of benzene rings is 1. The van der Waals surface area contributed by atoms with E-state index in [2.05, 4.69) is 15.9 Å². The highest BCUT2D eigenvalue weighted by molar-refractivity contribution is 9.10. The average Bonchev–Trinajstić information content (AvgIpc) is 2.42. The summed E-state index contributed by atoms with van der Waals surface area (Å²) in [4.78, 5) is 14.0. The van der Waals surface area contributed by atoms with Gasteiger partial charge in [-0.1, -0.05) is 6.07 Å². The number of rotatable bonds is 7. The van der Waals surface area contributed by atoms with E-state index in [9.17, 15) is 4.79 Å². The molecule has 0 aliphatic rings. The average molecular weight is 357 g/mol. The number of nitrogens with zero attached hydrogens (tertiary/aromatic N) is 1. The summed E-state index contributed by atoms with van der Waals surface area (Å²) in [5, 5.41) is 0. The fraction of sp³-hybridized carbons (Fsp3) is 0.562. The third kappa shape index (κ3) is 5.32. The first kappa shape index (κ1) is 18.0. The van der Waals surface area contributed by atoms with E-state index in [1.165, 1.54) is 0 Å². The van der Waals surface area contributed by atoms with Gasteiger partial charge in [0.2, 0.25) is 0 Å². The molecule has 0 spiro atoms. The Labute approximate surface area is 135 Å². The van der Waals surface area contributed by atoms with Gasteiger partial charge in [-0.3, -0.25) is 4.79 Å². The maximum Gasteiger partial charge on any atom is 0.263 e. The fourth-order valence-electron chi connectivity index (χ4n) is 2.17. The lowest BCUT2D eigenvalue weighted by Gasteiger charge is -2.23. The zero-order valence-electron chi connectivity index (χ0n) is 13.2. The topological polar surface area (TPSA) is 55.6 Å². The lowest BCUT2D eigenvalue weighted by Crippen LogP contribution is -2.40. The zero-order valence-corrected chi connectivity index (χ0v) is 14.8.